The number of sulfone groups is 1. The first kappa shape index (κ1) is 17.6. The summed E-state index contributed by atoms with van der Waals surface area (Å²) in [7, 11) is -3.73. The largest absolute Gasteiger partial charge is 0.335 e. The summed E-state index contributed by atoms with van der Waals surface area (Å²) in [5, 5.41) is 2.40. The van der Waals surface area contributed by atoms with Gasteiger partial charge >= 0.3 is 0 Å². The lowest BCUT2D eigenvalue weighted by molar-refractivity contribution is 0.141. The SMILES string of the molecule is Cc1nc(-c2[nH]c(C(F)F)nc2-c2ccc(S(C)(=O)=O)c(F)c2)cs1. The predicted octanol–water partition coefficient (Wildman–Crippen LogP) is 3.99. The van der Waals surface area contributed by atoms with Crippen LogP contribution in [0.2, 0.25) is 0 Å². The van der Waals surface area contributed by atoms with Crippen LogP contribution in [0.5, 0.6) is 0 Å². The molecule has 0 bridgehead atoms. The molecule has 25 heavy (non-hydrogen) atoms. The van der Waals surface area contributed by atoms with E-state index in [0.29, 0.717) is 5.69 Å². The van der Waals surface area contributed by atoms with Crippen molar-refractivity contribution in [2.45, 2.75) is 18.2 Å². The van der Waals surface area contributed by atoms with Crippen LogP contribution < -0.4 is 0 Å². The fraction of sp³-hybridized carbons (Fsp3) is 0.200. The van der Waals surface area contributed by atoms with Crippen molar-refractivity contribution in [1.82, 2.24) is 15.0 Å². The maximum atomic E-state index is 14.2. The van der Waals surface area contributed by atoms with Gasteiger partial charge in [-0.25, -0.2) is 31.6 Å². The molecule has 0 amide bonds. The van der Waals surface area contributed by atoms with Gasteiger partial charge in [0, 0.05) is 17.2 Å². The highest BCUT2D eigenvalue weighted by molar-refractivity contribution is 7.90. The lowest BCUT2D eigenvalue weighted by atomic mass is 10.1. The predicted molar refractivity (Wildman–Crippen MR) is 87.9 cm³/mol. The maximum absolute atomic E-state index is 14.2. The molecular formula is C15H12F3N3O2S2. The Morgan fingerprint density at radius 1 is 1.24 bits per heavy atom. The number of hydrogen-bond acceptors (Lipinski definition) is 5. The molecule has 3 aromatic rings. The van der Waals surface area contributed by atoms with Crippen molar-refractivity contribution < 1.29 is 21.6 Å². The minimum atomic E-state index is -3.73. The van der Waals surface area contributed by atoms with E-state index in [-0.39, 0.29) is 17.0 Å². The van der Waals surface area contributed by atoms with Crippen LogP contribution in [-0.4, -0.2) is 29.6 Å². The molecule has 2 aromatic heterocycles. The highest BCUT2D eigenvalue weighted by Crippen LogP contribution is 2.34. The molecule has 2 heterocycles. The molecule has 0 saturated carbocycles. The smallest absolute Gasteiger partial charge is 0.295 e. The van der Waals surface area contributed by atoms with Crippen LogP contribution in [0.25, 0.3) is 22.6 Å². The van der Waals surface area contributed by atoms with E-state index in [1.165, 1.54) is 17.4 Å². The summed E-state index contributed by atoms with van der Waals surface area (Å²) in [6.07, 6.45) is -1.95. The number of benzene rings is 1. The summed E-state index contributed by atoms with van der Waals surface area (Å²) < 4.78 is 63.3. The molecule has 0 spiro atoms. The molecule has 10 heteroatoms. The van der Waals surface area contributed by atoms with E-state index in [0.717, 1.165) is 23.4 Å². The average molecular weight is 387 g/mol. The van der Waals surface area contributed by atoms with Gasteiger partial charge in [0.1, 0.15) is 10.7 Å². The molecule has 1 N–H and O–H groups in total. The number of alkyl halides is 2. The zero-order chi connectivity index (χ0) is 18.4. The van der Waals surface area contributed by atoms with Crippen molar-refractivity contribution in [3.8, 4) is 22.6 Å². The average Bonchev–Trinajstić information content (AvgIpc) is 3.11. The molecule has 0 aliphatic rings. The van der Waals surface area contributed by atoms with Gasteiger partial charge in [0.15, 0.2) is 15.7 Å². The highest BCUT2D eigenvalue weighted by Gasteiger charge is 2.22. The number of hydrogen-bond donors (Lipinski definition) is 1. The number of nitrogens with zero attached hydrogens (tertiary/aromatic N) is 2. The minimum absolute atomic E-state index is 0.0829. The van der Waals surface area contributed by atoms with Crippen LogP contribution >= 0.6 is 11.3 Å². The first-order valence-electron chi connectivity index (χ1n) is 6.97. The second-order valence-electron chi connectivity index (χ2n) is 5.32. The van der Waals surface area contributed by atoms with Gasteiger partial charge in [0.2, 0.25) is 0 Å². The molecule has 132 valence electrons. The number of nitrogens with one attached hydrogen (secondary N) is 1. The summed E-state index contributed by atoms with van der Waals surface area (Å²) in [6.45, 7) is 1.76. The molecule has 0 unspecified atom stereocenters. The fourth-order valence-corrected chi connectivity index (χ4v) is 3.65. The van der Waals surface area contributed by atoms with Crippen molar-refractivity contribution in [1.29, 1.82) is 0 Å². The van der Waals surface area contributed by atoms with E-state index >= 15 is 0 Å². The van der Waals surface area contributed by atoms with Gasteiger partial charge in [0.05, 0.1) is 22.1 Å². The van der Waals surface area contributed by atoms with Gasteiger partial charge in [-0.3, -0.25) is 0 Å². The van der Waals surface area contributed by atoms with Crippen LogP contribution in [0.15, 0.2) is 28.5 Å². The second kappa shape index (κ2) is 6.26. The Morgan fingerprint density at radius 3 is 2.48 bits per heavy atom. The lowest BCUT2D eigenvalue weighted by Gasteiger charge is -2.04. The summed E-state index contributed by atoms with van der Waals surface area (Å²) in [4.78, 5) is 10.1. The van der Waals surface area contributed by atoms with Gasteiger partial charge in [-0.1, -0.05) is 6.07 Å². The van der Waals surface area contributed by atoms with Gasteiger partial charge in [0.25, 0.3) is 6.43 Å². The van der Waals surface area contributed by atoms with Crippen molar-refractivity contribution in [2.24, 2.45) is 0 Å². The third-order valence-corrected chi connectivity index (χ3v) is 5.31. The van der Waals surface area contributed by atoms with Crippen LogP contribution in [0.3, 0.4) is 0 Å². The molecule has 1 aromatic carbocycles. The van der Waals surface area contributed by atoms with Gasteiger partial charge in [-0.05, 0) is 19.1 Å². The minimum Gasteiger partial charge on any atom is -0.335 e. The second-order valence-corrected chi connectivity index (χ2v) is 8.36. The summed E-state index contributed by atoms with van der Waals surface area (Å²) in [5.41, 5.74) is 0.893. The zero-order valence-electron chi connectivity index (χ0n) is 13.0. The Hall–Kier alpha value is -2.20. The molecule has 5 nitrogen and oxygen atoms in total. The molecule has 3 rings (SSSR count). The number of aryl methyl sites for hydroxylation is 1. The Bertz CT molecular complexity index is 1040. The van der Waals surface area contributed by atoms with Gasteiger partial charge in [-0.15, -0.1) is 11.3 Å². The van der Waals surface area contributed by atoms with E-state index in [2.05, 4.69) is 15.0 Å². The standard InChI is InChI=1S/C15H12F3N3O2S2/c1-7-19-10(6-24-7)13-12(20-15(21-13)14(17)18)8-3-4-11(9(16)5-8)25(2,22)23/h3-6,14H,1-2H3,(H,20,21). The number of H-pyrrole nitrogens is 1. The van der Waals surface area contributed by atoms with Crippen molar-refractivity contribution in [3.63, 3.8) is 0 Å². The van der Waals surface area contributed by atoms with Crippen LogP contribution in [-0.2, 0) is 9.84 Å². The summed E-state index contributed by atoms with van der Waals surface area (Å²) in [5.74, 6) is -1.54. The summed E-state index contributed by atoms with van der Waals surface area (Å²) >= 11 is 1.33. The zero-order valence-corrected chi connectivity index (χ0v) is 14.7. The van der Waals surface area contributed by atoms with Crippen molar-refractivity contribution >= 4 is 21.2 Å². The van der Waals surface area contributed by atoms with E-state index in [1.807, 2.05) is 0 Å². The Balaban J connectivity index is 2.18. The maximum Gasteiger partial charge on any atom is 0.295 e. The number of halogens is 3. The Morgan fingerprint density at radius 2 is 1.96 bits per heavy atom. The summed E-state index contributed by atoms with van der Waals surface area (Å²) in [6, 6.07) is 3.38. The molecule has 0 atom stereocenters. The number of aromatic amines is 1. The fourth-order valence-electron chi connectivity index (χ4n) is 2.32. The molecular weight excluding hydrogens is 375 g/mol. The van der Waals surface area contributed by atoms with E-state index in [4.69, 9.17) is 0 Å². The quantitative estimate of drug-likeness (QED) is 0.734. The van der Waals surface area contributed by atoms with Gasteiger partial charge in [-0.2, -0.15) is 0 Å². The number of thiazole rings is 1. The molecule has 0 radical (unpaired) electrons. The van der Waals surface area contributed by atoms with Gasteiger partial charge < -0.3 is 4.98 Å². The molecule has 0 saturated heterocycles. The van der Waals surface area contributed by atoms with Crippen LogP contribution in [0.4, 0.5) is 13.2 Å². The van der Waals surface area contributed by atoms with Crippen LogP contribution in [0.1, 0.15) is 17.3 Å². The van der Waals surface area contributed by atoms with Crippen molar-refractivity contribution in [2.75, 3.05) is 6.26 Å². The molecule has 0 aliphatic heterocycles. The monoisotopic (exact) mass is 387 g/mol. The van der Waals surface area contributed by atoms with E-state index < -0.39 is 32.8 Å². The third kappa shape index (κ3) is 3.45. The van der Waals surface area contributed by atoms with E-state index in [9.17, 15) is 21.6 Å². The lowest BCUT2D eigenvalue weighted by Crippen LogP contribution is -2.00. The van der Waals surface area contributed by atoms with Crippen molar-refractivity contribution in [3.05, 3.63) is 40.2 Å². The normalized spacial score (nSPS) is 12.1. The topological polar surface area (TPSA) is 75.7 Å². The molecule has 0 aliphatic carbocycles. The Kier molecular flexibility index (Phi) is 4.41. The first-order valence-corrected chi connectivity index (χ1v) is 9.74. The number of rotatable bonds is 4. The van der Waals surface area contributed by atoms with Crippen LogP contribution in [0, 0.1) is 12.7 Å². The third-order valence-electron chi connectivity index (χ3n) is 3.41. The van der Waals surface area contributed by atoms with E-state index in [1.54, 1.807) is 12.3 Å². The number of imidazole rings is 1. The number of aromatic nitrogens is 3. The molecule has 0 fully saturated rings. The first-order chi connectivity index (χ1) is 11.7. The highest BCUT2D eigenvalue weighted by atomic mass is 32.2. The Labute approximate surface area is 145 Å².